The number of rotatable bonds is 5. The Morgan fingerprint density at radius 2 is 1.74 bits per heavy atom. The number of carbonyl (C=O) groups is 3. The van der Waals surface area contributed by atoms with Crippen LogP contribution in [0.25, 0.3) is 5.70 Å². The van der Waals surface area contributed by atoms with E-state index in [1.54, 1.807) is 24.3 Å². The maximum absolute atomic E-state index is 12.5. The van der Waals surface area contributed by atoms with Gasteiger partial charge in [0.15, 0.2) is 0 Å². The molecular weight excluding hydrogens is 362 g/mol. The maximum Gasteiger partial charge on any atom is 0.244 e. The van der Waals surface area contributed by atoms with Gasteiger partial charge < -0.3 is 15.5 Å². The number of carbonyl (C=O) groups excluding carboxylic acids is 3. The van der Waals surface area contributed by atoms with Crippen LogP contribution in [0.15, 0.2) is 60.0 Å². The summed E-state index contributed by atoms with van der Waals surface area (Å²) in [6.07, 6.45) is 0. The molecule has 27 heavy (non-hydrogen) atoms. The molecule has 1 aliphatic rings. The largest absolute Gasteiger partial charge is 0.326 e. The Hall–Kier alpha value is -3.06. The fraction of sp³-hybridized carbons (Fsp3) is 0.150. The van der Waals surface area contributed by atoms with Crippen LogP contribution in [0.1, 0.15) is 12.5 Å². The molecule has 0 atom stereocenters. The molecule has 0 fully saturated rings. The highest BCUT2D eigenvalue weighted by Crippen LogP contribution is 2.28. The van der Waals surface area contributed by atoms with Crippen molar-refractivity contribution in [2.24, 2.45) is 0 Å². The van der Waals surface area contributed by atoms with E-state index in [9.17, 15) is 14.4 Å². The third-order valence-corrected chi connectivity index (χ3v) is 4.64. The zero-order valence-electron chi connectivity index (χ0n) is 14.8. The first kappa shape index (κ1) is 18.7. The first-order valence-electron chi connectivity index (χ1n) is 8.38. The van der Waals surface area contributed by atoms with Crippen LogP contribution >= 0.6 is 11.8 Å². The molecule has 2 aromatic carbocycles. The van der Waals surface area contributed by atoms with Crippen molar-refractivity contribution in [1.82, 2.24) is 4.90 Å². The summed E-state index contributed by atoms with van der Waals surface area (Å²) in [5.41, 5.74) is 2.75. The highest BCUT2D eigenvalue weighted by atomic mass is 32.2. The lowest BCUT2D eigenvalue weighted by Crippen LogP contribution is -2.39. The lowest BCUT2D eigenvalue weighted by Gasteiger charge is -2.28. The fourth-order valence-electron chi connectivity index (χ4n) is 2.70. The molecule has 3 amide bonds. The van der Waals surface area contributed by atoms with Crippen LogP contribution in [0, 0.1) is 0 Å². The summed E-state index contributed by atoms with van der Waals surface area (Å²) < 4.78 is 0. The normalized spacial score (nSPS) is 13.7. The van der Waals surface area contributed by atoms with Crippen molar-refractivity contribution < 1.29 is 14.4 Å². The molecule has 0 aliphatic carbocycles. The Morgan fingerprint density at radius 1 is 1.04 bits per heavy atom. The van der Waals surface area contributed by atoms with E-state index in [2.05, 4.69) is 10.6 Å². The first-order valence-corrected chi connectivity index (χ1v) is 9.43. The van der Waals surface area contributed by atoms with Crippen LogP contribution in [0.2, 0.25) is 0 Å². The van der Waals surface area contributed by atoms with Crippen LogP contribution in [-0.2, 0) is 14.4 Å². The highest BCUT2D eigenvalue weighted by Gasteiger charge is 2.25. The van der Waals surface area contributed by atoms with Gasteiger partial charge >= 0.3 is 0 Å². The topological polar surface area (TPSA) is 78.5 Å². The van der Waals surface area contributed by atoms with Crippen molar-refractivity contribution >= 4 is 46.6 Å². The van der Waals surface area contributed by atoms with Crippen LogP contribution in [0.3, 0.4) is 0 Å². The molecule has 0 saturated heterocycles. The van der Waals surface area contributed by atoms with E-state index in [4.69, 9.17) is 0 Å². The van der Waals surface area contributed by atoms with Crippen LogP contribution in [0.4, 0.5) is 11.4 Å². The summed E-state index contributed by atoms with van der Waals surface area (Å²) in [4.78, 5) is 37.6. The monoisotopic (exact) mass is 381 g/mol. The van der Waals surface area contributed by atoms with Crippen molar-refractivity contribution in [3.8, 4) is 0 Å². The molecule has 7 heteroatoms. The van der Waals surface area contributed by atoms with E-state index >= 15 is 0 Å². The molecule has 0 radical (unpaired) electrons. The van der Waals surface area contributed by atoms with Gasteiger partial charge in [0.05, 0.1) is 11.4 Å². The van der Waals surface area contributed by atoms with Gasteiger partial charge in [-0.15, -0.1) is 11.8 Å². The maximum atomic E-state index is 12.5. The first-order chi connectivity index (χ1) is 13.0. The Morgan fingerprint density at radius 3 is 2.44 bits per heavy atom. The average molecular weight is 381 g/mol. The molecule has 138 valence electrons. The van der Waals surface area contributed by atoms with Crippen molar-refractivity contribution in [3.05, 3.63) is 65.6 Å². The lowest BCUT2D eigenvalue weighted by molar-refractivity contribution is -0.129. The van der Waals surface area contributed by atoms with Gasteiger partial charge in [-0.25, -0.2) is 0 Å². The van der Waals surface area contributed by atoms with Crippen molar-refractivity contribution in [1.29, 1.82) is 0 Å². The van der Waals surface area contributed by atoms with Gasteiger partial charge in [0, 0.05) is 18.3 Å². The van der Waals surface area contributed by atoms with Gasteiger partial charge in [0.1, 0.15) is 6.54 Å². The molecule has 1 heterocycles. The number of hydrogen-bond donors (Lipinski definition) is 2. The Kier molecular flexibility index (Phi) is 5.93. The molecular formula is C20H19N3O3S. The predicted molar refractivity (Wildman–Crippen MR) is 108 cm³/mol. The molecule has 0 unspecified atom stereocenters. The predicted octanol–water partition coefficient (Wildman–Crippen LogP) is 3.16. The Labute approximate surface area is 161 Å². The zero-order valence-corrected chi connectivity index (χ0v) is 15.6. The highest BCUT2D eigenvalue weighted by molar-refractivity contribution is 8.03. The minimum Gasteiger partial charge on any atom is -0.326 e. The fourth-order valence-corrected chi connectivity index (χ4v) is 3.50. The van der Waals surface area contributed by atoms with E-state index in [0.717, 1.165) is 11.3 Å². The number of thioether (sulfide) groups is 1. The molecule has 2 aromatic rings. The average Bonchev–Trinajstić information content (AvgIpc) is 2.64. The van der Waals surface area contributed by atoms with Crippen molar-refractivity contribution in [2.45, 2.75) is 6.92 Å². The van der Waals surface area contributed by atoms with Crippen LogP contribution in [0.5, 0.6) is 0 Å². The van der Waals surface area contributed by atoms with E-state index in [1.807, 2.05) is 35.7 Å². The summed E-state index contributed by atoms with van der Waals surface area (Å²) in [6.45, 7) is 1.34. The Balaban J connectivity index is 1.72. The molecule has 1 aliphatic heterocycles. The number of hydrogen-bond acceptors (Lipinski definition) is 4. The molecule has 0 saturated carbocycles. The quantitative estimate of drug-likeness (QED) is 0.834. The second kappa shape index (κ2) is 8.55. The van der Waals surface area contributed by atoms with Gasteiger partial charge in [-0.2, -0.15) is 0 Å². The number of anilines is 2. The second-order valence-corrected chi connectivity index (χ2v) is 6.83. The van der Waals surface area contributed by atoms with Crippen molar-refractivity contribution in [3.63, 3.8) is 0 Å². The smallest absolute Gasteiger partial charge is 0.244 e. The summed E-state index contributed by atoms with van der Waals surface area (Å²) in [5, 5.41) is 7.35. The van der Waals surface area contributed by atoms with E-state index in [0.29, 0.717) is 17.1 Å². The van der Waals surface area contributed by atoms with Gasteiger partial charge in [0.25, 0.3) is 0 Å². The number of amides is 3. The number of nitrogens with zero attached hydrogens (tertiary/aromatic N) is 1. The molecule has 0 spiro atoms. The standard InChI is InChI=1S/C20H19N3O3S/c1-14(24)21-16-8-5-9-17(10-16)22-19(25)11-23-18(12-27-13-20(23)26)15-6-3-2-4-7-15/h2-10,12H,11,13H2,1H3,(H,21,24)(H,22,25). The number of benzene rings is 2. The summed E-state index contributed by atoms with van der Waals surface area (Å²) >= 11 is 1.42. The summed E-state index contributed by atoms with van der Waals surface area (Å²) in [5.74, 6) is -0.296. The zero-order chi connectivity index (χ0) is 19.2. The SMILES string of the molecule is CC(=O)Nc1cccc(NC(=O)CN2C(=O)CSC=C2c2ccccc2)c1. The third kappa shape index (κ3) is 4.98. The Bertz CT molecular complexity index is 896. The number of nitrogens with one attached hydrogen (secondary N) is 2. The minimum atomic E-state index is -0.308. The summed E-state index contributed by atoms with van der Waals surface area (Å²) in [7, 11) is 0. The molecule has 6 nitrogen and oxygen atoms in total. The van der Waals surface area contributed by atoms with Crippen LogP contribution in [-0.4, -0.2) is 34.9 Å². The van der Waals surface area contributed by atoms with Gasteiger partial charge in [-0.3, -0.25) is 14.4 Å². The third-order valence-electron chi connectivity index (χ3n) is 3.83. The van der Waals surface area contributed by atoms with Gasteiger partial charge in [-0.05, 0) is 29.2 Å². The van der Waals surface area contributed by atoms with Gasteiger partial charge in [0.2, 0.25) is 17.7 Å². The van der Waals surface area contributed by atoms with E-state index < -0.39 is 0 Å². The van der Waals surface area contributed by atoms with Crippen LogP contribution < -0.4 is 10.6 Å². The van der Waals surface area contributed by atoms with E-state index in [1.165, 1.54) is 23.6 Å². The second-order valence-electron chi connectivity index (χ2n) is 5.97. The van der Waals surface area contributed by atoms with Gasteiger partial charge in [-0.1, -0.05) is 36.4 Å². The molecule has 2 N–H and O–H groups in total. The molecule has 0 bridgehead atoms. The lowest BCUT2D eigenvalue weighted by atomic mass is 10.1. The van der Waals surface area contributed by atoms with E-state index in [-0.39, 0.29) is 24.3 Å². The minimum absolute atomic E-state index is 0.0789. The summed E-state index contributed by atoms with van der Waals surface area (Å²) in [6, 6.07) is 16.4. The van der Waals surface area contributed by atoms with Crippen molar-refractivity contribution in [2.75, 3.05) is 22.9 Å². The molecule has 3 rings (SSSR count). The molecule has 0 aromatic heterocycles.